The van der Waals surface area contributed by atoms with Gasteiger partial charge in [-0.3, -0.25) is 4.79 Å². The van der Waals surface area contributed by atoms with E-state index in [0.717, 1.165) is 43.5 Å². The van der Waals surface area contributed by atoms with Gasteiger partial charge in [-0.1, -0.05) is 18.2 Å². The van der Waals surface area contributed by atoms with Crippen molar-refractivity contribution >= 4 is 15.9 Å². The van der Waals surface area contributed by atoms with Gasteiger partial charge in [0.05, 0.1) is 12.0 Å². The van der Waals surface area contributed by atoms with E-state index in [1.807, 2.05) is 24.0 Å². The molecule has 0 saturated carbocycles. The Morgan fingerprint density at radius 3 is 2.39 bits per heavy atom. The number of hydrogen-bond acceptors (Lipinski definition) is 4. The predicted octanol–water partition coefficient (Wildman–Crippen LogP) is 3.11. The molecule has 0 unspecified atom stereocenters. The van der Waals surface area contributed by atoms with Crippen molar-refractivity contribution < 1.29 is 17.9 Å². The fourth-order valence-electron chi connectivity index (χ4n) is 3.27. The number of aryl methyl sites for hydroxylation is 1. The number of carbonyl (C=O) groups excluding carboxylic acids is 1. The van der Waals surface area contributed by atoms with Gasteiger partial charge < -0.3 is 9.64 Å². The van der Waals surface area contributed by atoms with Gasteiger partial charge in [0.25, 0.3) is 5.91 Å². The Morgan fingerprint density at radius 1 is 1.07 bits per heavy atom. The number of sulfonamides is 1. The Balaban J connectivity index is 1.76. The molecule has 0 aromatic heterocycles. The molecule has 0 spiro atoms. The summed E-state index contributed by atoms with van der Waals surface area (Å²) in [5.74, 6) is 0.621. The predicted molar refractivity (Wildman–Crippen MR) is 108 cm³/mol. The summed E-state index contributed by atoms with van der Waals surface area (Å²) in [4.78, 5) is 14.8. The summed E-state index contributed by atoms with van der Waals surface area (Å²) in [6, 6.07) is 11.9. The molecule has 1 saturated heterocycles. The van der Waals surface area contributed by atoms with E-state index in [4.69, 9.17) is 4.74 Å². The minimum absolute atomic E-state index is 0.0931. The Bertz CT molecular complexity index is 933. The highest BCUT2D eigenvalue weighted by Gasteiger charge is 2.22. The highest BCUT2D eigenvalue weighted by Crippen LogP contribution is 2.20. The Labute approximate surface area is 166 Å². The minimum Gasteiger partial charge on any atom is -0.497 e. The van der Waals surface area contributed by atoms with E-state index in [9.17, 15) is 13.2 Å². The molecule has 1 fully saturated rings. The van der Waals surface area contributed by atoms with Crippen molar-refractivity contribution in [2.24, 2.45) is 0 Å². The smallest absolute Gasteiger partial charge is 0.254 e. The minimum atomic E-state index is -3.73. The van der Waals surface area contributed by atoms with E-state index in [1.54, 1.807) is 31.4 Å². The summed E-state index contributed by atoms with van der Waals surface area (Å²) < 4.78 is 33.2. The molecule has 0 radical (unpaired) electrons. The first-order valence-corrected chi connectivity index (χ1v) is 10.9. The molecular formula is C21H26N2O4S. The summed E-state index contributed by atoms with van der Waals surface area (Å²) >= 11 is 0. The Morgan fingerprint density at radius 2 is 1.75 bits per heavy atom. The molecule has 6 nitrogen and oxygen atoms in total. The summed E-state index contributed by atoms with van der Waals surface area (Å²) in [5, 5.41) is 0. The Kier molecular flexibility index (Phi) is 6.36. The standard InChI is InChI=1S/C21H26N2O4S/c1-16-6-11-19(14-20(16)21(24)23-12-4-3-5-13-23)28(25,26)22-15-17-7-9-18(27-2)10-8-17/h6-11,14,22H,3-5,12-13,15H2,1-2H3. The maximum atomic E-state index is 12.8. The van der Waals surface area contributed by atoms with Gasteiger partial charge in [-0.2, -0.15) is 0 Å². The van der Waals surface area contributed by atoms with Crippen molar-refractivity contribution in [2.75, 3.05) is 20.2 Å². The third-order valence-corrected chi connectivity index (χ3v) is 6.42. The van der Waals surface area contributed by atoms with Crippen LogP contribution >= 0.6 is 0 Å². The van der Waals surface area contributed by atoms with Crippen LogP contribution in [0, 0.1) is 6.92 Å². The van der Waals surface area contributed by atoms with Crippen molar-refractivity contribution in [1.82, 2.24) is 9.62 Å². The highest BCUT2D eigenvalue weighted by atomic mass is 32.2. The molecule has 0 atom stereocenters. The largest absolute Gasteiger partial charge is 0.497 e. The second-order valence-corrected chi connectivity index (χ2v) is 8.77. The van der Waals surface area contributed by atoms with Crippen LogP contribution in [-0.2, 0) is 16.6 Å². The van der Waals surface area contributed by atoms with Gasteiger partial charge in [0.1, 0.15) is 5.75 Å². The monoisotopic (exact) mass is 402 g/mol. The van der Waals surface area contributed by atoms with E-state index in [1.165, 1.54) is 6.07 Å². The number of carbonyl (C=O) groups is 1. The van der Waals surface area contributed by atoms with Gasteiger partial charge in [0.2, 0.25) is 10.0 Å². The molecule has 0 aliphatic carbocycles. The number of methoxy groups -OCH3 is 1. The van der Waals surface area contributed by atoms with E-state index in [2.05, 4.69) is 4.72 Å². The van der Waals surface area contributed by atoms with Gasteiger partial charge in [-0.05, 0) is 61.6 Å². The highest BCUT2D eigenvalue weighted by molar-refractivity contribution is 7.89. The zero-order valence-electron chi connectivity index (χ0n) is 16.3. The van der Waals surface area contributed by atoms with E-state index < -0.39 is 10.0 Å². The zero-order chi connectivity index (χ0) is 20.1. The molecule has 0 bridgehead atoms. The summed E-state index contributed by atoms with van der Waals surface area (Å²) in [6.07, 6.45) is 3.12. The number of piperidine rings is 1. The molecule has 2 aromatic rings. The van der Waals surface area contributed by atoms with E-state index in [0.29, 0.717) is 11.3 Å². The van der Waals surface area contributed by atoms with Crippen molar-refractivity contribution in [2.45, 2.75) is 37.6 Å². The number of ether oxygens (including phenoxy) is 1. The third-order valence-electron chi connectivity index (χ3n) is 5.02. The third kappa shape index (κ3) is 4.72. The molecule has 1 amide bonds. The molecule has 2 aromatic carbocycles. The number of amides is 1. The molecule has 1 N–H and O–H groups in total. The first kappa shape index (κ1) is 20.4. The number of hydrogen-bond donors (Lipinski definition) is 1. The fraction of sp³-hybridized carbons (Fsp3) is 0.381. The average Bonchev–Trinajstić information content (AvgIpc) is 2.73. The molecule has 1 heterocycles. The van der Waals surface area contributed by atoms with Crippen LogP contribution in [0.15, 0.2) is 47.4 Å². The Hall–Kier alpha value is -2.38. The van der Waals surface area contributed by atoms with Crippen molar-refractivity contribution in [3.05, 3.63) is 59.2 Å². The van der Waals surface area contributed by atoms with Crippen LogP contribution in [0.1, 0.15) is 40.7 Å². The van der Waals surface area contributed by atoms with Gasteiger partial charge in [0, 0.05) is 25.2 Å². The van der Waals surface area contributed by atoms with Crippen molar-refractivity contribution in [3.63, 3.8) is 0 Å². The molecule has 150 valence electrons. The van der Waals surface area contributed by atoms with Crippen molar-refractivity contribution in [3.8, 4) is 5.75 Å². The zero-order valence-corrected chi connectivity index (χ0v) is 17.1. The number of likely N-dealkylation sites (tertiary alicyclic amines) is 1. The van der Waals surface area contributed by atoms with Crippen LogP contribution in [0.25, 0.3) is 0 Å². The molecule has 28 heavy (non-hydrogen) atoms. The lowest BCUT2D eigenvalue weighted by molar-refractivity contribution is 0.0723. The summed E-state index contributed by atoms with van der Waals surface area (Å²) in [7, 11) is -2.15. The first-order valence-electron chi connectivity index (χ1n) is 9.43. The number of benzene rings is 2. The molecule has 3 rings (SSSR count). The molecule has 1 aliphatic heterocycles. The van der Waals surface area contributed by atoms with Crippen LogP contribution in [0.3, 0.4) is 0 Å². The van der Waals surface area contributed by atoms with Crippen LogP contribution in [0.2, 0.25) is 0 Å². The second kappa shape index (κ2) is 8.75. The SMILES string of the molecule is COc1ccc(CNS(=O)(=O)c2ccc(C)c(C(=O)N3CCCCC3)c2)cc1. The maximum absolute atomic E-state index is 12.8. The lowest BCUT2D eigenvalue weighted by Gasteiger charge is -2.27. The first-order chi connectivity index (χ1) is 13.4. The van der Waals surface area contributed by atoms with Gasteiger partial charge in [-0.25, -0.2) is 13.1 Å². The topological polar surface area (TPSA) is 75.7 Å². The second-order valence-electron chi connectivity index (χ2n) is 7.00. The quantitative estimate of drug-likeness (QED) is 0.806. The van der Waals surface area contributed by atoms with Crippen molar-refractivity contribution in [1.29, 1.82) is 0 Å². The van der Waals surface area contributed by atoms with E-state index >= 15 is 0 Å². The lowest BCUT2D eigenvalue weighted by atomic mass is 10.1. The molecule has 1 aliphatic rings. The number of nitrogens with one attached hydrogen (secondary N) is 1. The fourth-order valence-corrected chi connectivity index (χ4v) is 4.31. The molecule has 7 heteroatoms. The average molecular weight is 403 g/mol. The number of rotatable bonds is 6. The van der Waals surface area contributed by atoms with Gasteiger partial charge in [-0.15, -0.1) is 0 Å². The van der Waals surface area contributed by atoms with Crippen LogP contribution in [0.5, 0.6) is 5.75 Å². The summed E-state index contributed by atoms with van der Waals surface area (Å²) in [5.41, 5.74) is 2.06. The summed E-state index contributed by atoms with van der Waals surface area (Å²) in [6.45, 7) is 3.45. The number of nitrogens with zero attached hydrogens (tertiary/aromatic N) is 1. The lowest BCUT2D eigenvalue weighted by Crippen LogP contribution is -2.36. The molecular weight excluding hydrogens is 376 g/mol. The van der Waals surface area contributed by atoms with Crippen LogP contribution in [-0.4, -0.2) is 39.4 Å². The van der Waals surface area contributed by atoms with Crippen LogP contribution in [0.4, 0.5) is 0 Å². The van der Waals surface area contributed by atoms with E-state index in [-0.39, 0.29) is 17.3 Å². The normalized spacial score (nSPS) is 14.7. The maximum Gasteiger partial charge on any atom is 0.254 e. The van der Waals surface area contributed by atoms with Gasteiger partial charge in [0.15, 0.2) is 0 Å². The van der Waals surface area contributed by atoms with Crippen LogP contribution < -0.4 is 9.46 Å². The van der Waals surface area contributed by atoms with Gasteiger partial charge >= 0.3 is 0 Å².